The average Bonchev–Trinajstić information content (AvgIpc) is 3.03. The van der Waals surface area contributed by atoms with E-state index in [0.717, 1.165) is 24.8 Å². The minimum absolute atomic E-state index is 0.0576. The van der Waals surface area contributed by atoms with E-state index in [1.165, 1.54) is 5.56 Å². The van der Waals surface area contributed by atoms with Crippen LogP contribution in [-0.4, -0.2) is 74.1 Å². The maximum Gasteiger partial charge on any atom is 0.335 e. The Hall–Kier alpha value is -2.04. The number of carbonyl (C=O) groups excluding carboxylic acids is 1. The van der Waals surface area contributed by atoms with Crippen molar-refractivity contribution in [1.82, 2.24) is 0 Å². The molecule has 1 aromatic rings. The molecule has 0 amide bonds. The number of fused-ring (bicyclic) bond motifs is 5. The number of ketones is 1. The van der Waals surface area contributed by atoms with Crippen molar-refractivity contribution in [3.05, 3.63) is 29.3 Å². The highest BCUT2D eigenvalue weighted by molar-refractivity contribution is 5.91. The zero-order chi connectivity index (χ0) is 23.7. The predicted molar refractivity (Wildman–Crippen MR) is 112 cm³/mol. The molecule has 5 N–H and O–H groups in total. The molecule has 0 unspecified atom stereocenters. The third-order valence-corrected chi connectivity index (χ3v) is 8.53. The van der Waals surface area contributed by atoms with Gasteiger partial charge < -0.3 is 35.0 Å². The predicted octanol–water partition coefficient (Wildman–Crippen LogP) is 0.705. The number of carboxylic acid groups (broad SMARTS) is 1. The number of aliphatic hydroxyl groups excluding tert-OH is 3. The number of benzene rings is 1. The fourth-order valence-electron chi connectivity index (χ4n) is 6.78. The van der Waals surface area contributed by atoms with Gasteiger partial charge in [0, 0.05) is 5.41 Å². The fraction of sp³-hybridized carbons (Fsp3) is 0.667. The summed E-state index contributed by atoms with van der Waals surface area (Å²) in [5.41, 5.74) is 1.79. The van der Waals surface area contributed by atoms with Crippen LogP contribution in [0, 0.1) is 17.3 Å². The average molecular weight is 462 g/mol. The summed E-state index contributed by atoms with van der Waals surface area (Å²) in [5, 5.41) is 49.4. The normalized spacial score (nSPS) is 44.6. The highest BCUT2D eigenvalue weighted by Crippen LogP contribution is 2.60. The molecule has 1 aromatic carbocycles. The van der Waals surface area contributed by atoms with Gasteiger partial charge in [-0.25, -0.2) is 4.79 Å². The number of hydrogen-bond donors (Lipinski definition) is 5. The molecule has 9 heteroatoms. The molecule has 0 spiro atoms. The number of phenolic OH excluding ortho intramolecular Hbond substituents is 1. The van der Waals surface area contributed by atoms with Crippen molar-refractivity contribution >= 4 is 11.8 Å². The Kier molecular flexibility index (Phi) is 5.53. The number of carbonyl (C=O) groups is 2. The Bertz CT molecular complexity index is 963. The lowest BCUT2D eigenvalue weighted by Crippen LogP contribution is -2.61. The van der Waals surface area contributed by atoms with E-state index in [1.54, 1.807) is 6.07 Å². The molecule has 0 aromatic heterocycles. The van der Waals surface area contributed by atoms with Crippen LogP contribution in [0.1, 0.15) is 49.7 Å². The molecule has 1 saturated heterocycles. The van der Waals surface area contributed by atoms with Crippen molar-refractivity contribution in [2.45, 2.75) is 81.8 Å². The van der Waals surface area contributed by atoms with Gasteiger partial charge in [0.25, 0.3) is 0 Å². The van der Waals surface area contributed by atoms with Crippen molar-refractivity contribution < 1.29 is 44.6 Å². The molecule has 5 rings (SSSR count). The topological polar surface area (TPSA) is 154 Å². The molecule has 1 aliphatic heterocycles. The summed E-state index contributed by atoms with van der Waals surface area (Å²) < 4.78 is 11.1. The van der Waals surface area contributed by atoms with E-state index >= 15 is 0 Å². The third-order valence-electron chi connectivity index (χ3n) is 8.53. The first-order valence-corrected chi connectivity index (χ1v) is 11.6. The van der Waals surface area contributed by atoms with Gasteiger partial charge in [0.2, 0.25) is 0 Å². The molecule has 0 radical (unpaired) electrons. The maximum absolute atomic E-state index is 13.4. The molecule has 33 heavy (non-hydrogen) atoms. The van der Waals surface area contributed by atoms with Crippen LogP contribution in [0.4, 0.5) is 0 Å². The maximum atomic E-state index is 13.4. The standard InChI is InChI=1S/C24H30O9/c1-24-7-6-13-12-5-3-11(25)8-10(12)2-4-14(13)15(24)9-16(21(24)29)32-23-19(28)17(26)18(27)20(33-23)22(30)31/h3,5,8,13-20,23,25-28H,2,4,6-7,9H2,1H3,(H,30,31)/t13-,14+,15+,16+,17+,18+,19-,20+,23-,24-/m1/s1. The van der Waals surface area contributed by atoms with Gasteiger partial charge in [-0.05, 0) is 73.1 Å². The molecule has 0 bridgehead atoms. The molecule has 10 atom stereocenters. The Morgan fingerprint density at radius 2 is 1.91 bits per heavy atom. The van der Waals surface area contributed by atoms with Crippen LogP contribution in [0.2, 0.25) is 0 Å². The van der Waals surface area contributed by atoms with Crippen molar-refractivity contribution in [1.29, 1.82) is 0 Å². The van der Waals surface area contributed by atoms with Gasteiger partial charge >= 0.3 is 5.97 Å². The molecule has 3 fully saturated rings. The zero-order valence-corrected chi connectivity index (χ0v) is 18.3. The van der Waals surface area contributed by atoms with Gasteiger partial charge in [-0.15, -0.1) is 0 Å². The van der Waals surface area contributed by atoms with E-state index in [9.17, 15) is 35.1 Å². The summed E-state index contributed by atoms with van der Waals surface area (Å²) in [5.74, 6) is -0.697. The molecule has 180 valence electrons. The summed E-state index contributed by atoms with van der Waals surface area (Å²) in [6.45, 7) is 1.96. The highest BCUT2D eigenvalue weighted by atomic mass is 16.7. The molecule has 3 aliphatic carbocycles. The van der Waals surface area contributed by atoms with Gasteiger partial charge in [0.1, 0.15) is 30.2 Å². The van der Waals surface area contributed by atoms with E-state index in [1.807, 2.05) is 19.1 Å². The van der Waals surface area contributed by atoms with E-state index in [4.69, 9.17) is 9.47 Å². The molecule has 1 heterocycles. The van der Waals surface area contributed by atoms with Crippen LogP contribution in [0.3, 0.4) is 0 Å². The van der Waals surface area contributed by atoms with Gasteiger partial charge in [0.05, 0.1) is 0 Å². The summed E-state index contributed by atoms with van der Waals surface area (Å²) in [6, 6.07) is 5.52. The number of aliphatic carboxylic acids is 1. The van der Waals surface area contributed by atoms with Crippen molar-refractivity contribution in [2.75, 3.05) is 0 Å². The van der Waals surface area contributed by atoms with E-state index in [0.29, 0.717) is 18.8 Å². The second kappa shape index (κ2) is 8.02. The molecular formula is C24H30O9. The molecule has 9 nitrogen and oxygen atoms in total. The second-order valence-corrected chi connectivity index (χ2v) is 10.2. The summed E-state index contributed by atoms with van der Waals surface area (Å²) in [7, 11) is 0. The number of Topliss-reactive ketones (excluding diaryl/α,β-unsaturated/α-hetero) is 1. The number of aliphatic hydroxyl groups is 3. The van der Waals surface area contributed by atoms with E-state index in [2.05, 4.69) is 0 Å². The molecule has 4 aliphatic rings. The highest BCUT2D eigenvalue weighted by Gasteiger charge is 2.60. The second-order valence-electron chi connectivity index (χ2n) is 10.2. The van der Waals surface area contributed by atoms with Crippen LogP contribution in [0.15, 0.2) is 18.2 Å². The number of carboxylic acids is 1. The van der Waals surface area contributed by atoms with Crippen LogP contribution < -0.4 is 0 Å². The Morgan fingerprint density at radius 1 is 1.15 bits per heavy atom. The lowest BCUT2D eigenvalue weighted by Gasteiger charge is -2.48. The van der Waals surface area contributed by atoms with Crippen LogP contribution in [0.25, 0.3) is 0 Å². The first-order valence-electron chi connectivity index (χ1n) is 11.6. The SMILES string of the molecule is C[C@@]12CC[C@@H]3c4ccc(O)cc4CC[C@@H]3[C@@H]1C[C@H](O[C@@H]1O[C@H](C(=O)O)[C@@H](O)[C@H](O)[C@H]1O)C2=O. The number of hydrogen-bond acceptors (Lipinski definition) is 8. The summed E-state index contributed by atoms with van der Waals surface area (Å²) in [4.78, 5) is 24.8. The monoisotopic (exact) mass is 462 g/mol. The quantitative estimate of drug-likeness (QED) is 0.437. The smallest absolute Gasteiger partial charge is 0.335 e. The van der Waals surface area contributed by atoms with Gasteiger partial charge in [-0.1, -0.05) is 13.0 Å². The largest absolute Gasteiger partial charge is 0.508 e. The first-order chi connectivity index (χ1) is 15.6. The summed E-state index contributed by atoms with van der Waals surface area (Å²) >= 11 is 0. The van der Waals surface area contributed by atoms with Crippen LogP contribution in [0.5, 0.6) is 5.75 Å². The number of ether oxygens (including phenoxy) is 2. The minimum Gasteiger partial charge on any atom is -0.508 e. The summed E-state index contributed by atoms with van der Waals surface area (Å²) in [6.07, 6.45) is -5.76. The number of phenols is 1. The number of aromatic hydroxyl groups is 1. The molecule has 2 saturated carbocycles. The number of rotatable bonds is 3. The number of aryl methyl sites for hydroxylation is 1. The first kappa shape index (κ1) is 22.7. The Balaban J connectivity index is 1.36. The molecular weight excluding hydrogens is 432 g/mol. The van der Waals surface area contributed by atoms with Gasteiger partial charge in [-0.2, -0.15) is 0 Å². The zero-order valence-electron chi connectivity index (χ0n) is 18.3. The lowest BCUT2D eigenvalue weighted by molar-refractivity contribution is -0.301. The fourth-order valence-corrected chi connectivity index (χ4v) is 6.78. The van der Waals surface area contributed by atoms with Crippen LogP contribution in [-0.2, 0) is 25.5 Å². The minimum atomic E-state index is -1.81. The van der Waals surface area contributed by atoms with Gasteiger partial charge in [0.15, 0.2) is 18.2 Å². The Morgan fingerprint density at radius 3 is 2.64 bits per heavy atom. The van der Waals surface area contributed by atoms with E-state index < -0.39 is 48.2 Å². The van der Waals surface area contributed by atoms with Crippen LogP contribution >= 0.6 is 0 Å². The van der Waals surface area contributed by atoms with Gasteiger partial charge in [-0.3, -0.25) is 4.79 Å². The van der Waals surface area contributed by atoms with Crippen molar-refractivity contribution in [2.24, 2.45) is 17.3 Å². The van der Waals surface area contributed by atoms with Crippen molar-refractivity contribution in [3.8, 4) is 5.75 Å². The Labute approximate surface area is 190 Å². The lowest BCUT2D eigenvalue weighted by atomic mass is 9.55. The third kappa shape index (κ3) is 3.49. The van der Waals surface area contributed by atoms with E-state index in [-0.39, 0.29) is 23.4 Å². The van der Waals surface area contributed by atoms with Crippen molar-refractivity contribution in [3.63, 3.8) is 0 Å².